The number of piperidine rings is 1. The number of nitrogens with one attached hydrogen (secondary N) is 1. The van der Waals surface area contributed by atoms with Crippen molar-refractivity contribution in [2.24, 2.45) is 5.92 Å². The van der Waals surface area contributed by atoms with Crippen molar-refractivity contribution in [3.8, 4) is 16.3 Å². The summed E-state index contributed by atoms with van der Waals surface area (Å²) in [7, 11) is -1.96. The summed E-state index contributed by atoms with van der Waals surface area (Å²) in [5, 5.41) is 13.8. The van der Waals surface area contributed by atoms with Gasteiger partial charge in [0, 0.05) is 18.7 Å². The van der Waals surface area contributed by atoms with E-state index in [0.717, 1.165) is 11.3 Å². The zero-order valence-electron chi connectivity index (χ0n) is 16.1. The number of nitrogens with zero attached hydrogens (tertiary/aromatic N) is 3. The summed E-state index contributed by atoms with van der Waals surface area (Å²) in [6, 6.07) is 10.7. The number of carbonyl (C=O) groups is 1. The molecule has 1 aliphatic rings. The van der Waals surface area contributed by atoms with Crippen LogP contribution >= 0.6 is 22.7 Å². The minimum atomic E-state index is -3.56. The first-order chi connectivity index (χ1) is 14.5. The molecule has 0 unspecified atom stereocenters. The Morgan fingerprint density at radius 2 is 2.03 bits per heavy atom. The molecule has 3 aromatic rings. The second kappa shape index (κ2) is 8.80. The van der Waals surface area contributed by atoms with E-state index >= 15 is 0 Å². The van der Waals surface area contributed by atoms with E-state index in [2.05, 4.69) is 15.5 Å². The Morgan fingerprint density at radius 1 is 1.23 bits per heavy atom. The first-order valence-electron chi connectivity index (χ1n) is 9.30. The zero-order valence-corrected chi connectivity index (χ0v) is 18.6. The molecule has 0 aliphatic carbocycles. The van der Waals surface area contributed by atoms with Gasteiger partial charge in [-0.15, -0.1) is 21.5 Å². The standard InChI is InChI=1S/C19H20N4O4S3/c1-27-15-8-6-13(7-9-15)18-21-22-19(29-18)20-17(24)14-4-2-10-23(12-14)30(25,26)16-5-3-11-28-16/h3,5-9,11,14H,2,4,10,12H2,1H3,(H,20,22,24)/t14-/m1/s1. The highest BCUT2D eigenvalue weighted by atomic mass is 32.2. The third-order valence-corrected chi connectivity index (χ3v) is 8.96. The van der Waals surface area contributed by atoms with Crippen molar-refractivity contribution in [2.75, 3.05) is 25.5 Å². The van der Waals surface area contributed by atoms with E-state index in [-0.39, 0.29) is 12.5 Å². The maximum absolute atomic E-state index is 12.8. The normalized spacial score (nSPS) is 17.6. The lowest BCUT2D eigenvalue weighted by molar-refractivity contribution is -0.120. The van der Waals surface area contributed by atoms with E-state index in [4.69, 9.17) is 4.74 Å². The molecule has 2 aromatic heterocycles. The molecule has 158 valence electrons. The number of hydrogen-bond donors (Lipinski definition) is 1. The van der Waals surface area contributed by atoms with Crippen molar-refractivity contribution in [3.63, 3.8) is 0 Å². The minimum Gasteiger partial charge on any atom is -0.497 e. The Balaban J connectivity index is 1.42. The highest BCUT2D eigenvalue weighted by molar-refractivity contribution is 7.91. The first kappa shape index (κ1) is 20.9. The number of hydrogen-bond acceptors (Lipinski definition) is 8. The Hall–Kier alpha value is -2.34. The van der Waals surface area contributed by atoms with Crippen LogP contribution in [-0.4, -0.2) is 49.0 Å². The van der Waals surface area contributed by atoms with Crippen molar-refractivity contribution in [1.29, 1.82) is 0 Å². The van der Waals surface area contributed by atoms with E-state index in [1.807, 2.05) is 24.3 Å². The number of sulfonamides is 1. The summed E-state index contributed by atoms with van der Waals surface area (Å²) in [6.07, 6.45) is 1.27. The summed E-state index contributed by atoms with van der Waals surface area (Å²) in [5.41, 5.74) is 0.875. The van der Waals surface area contributed by atoms with Gasteiger partial charge < -0.3 is 10.1 Å². The van der Waals surface area contributed by atoms with Crippen LogP contribution in [0.2, 0.25) is 0 Å². The fourth-order valence-corrected chi connectivity index (χ4v) is 6.66. The van der Waals surface area contributed by atoms with Crippen LogP contribution < -0.4 is 10.1 Å². The summed E-state index contributed by atoms with van der Waals surface area (Å²) < 4.78 is 32.4. The molecular formula is C19H20N4O4S3. The largest absolute Gasteiger partial charge is 0.497 e. The average molecular weight is 465 g/mol. The van der Waals surface area contributed by atoms with Crippen molar-refractivity contribution in [1.82, 2.24) is 14.5 Å². The molecule has 1 N–H and O–H groups in total. The molecule has 1 fully saturated rings. The van der Waals surface area contributed by atoms with Crippen LogP contribution in [0, 0.1) is 5.92 Å². The second-order valence-corrected chi connectivity index (χ2v) is 10.9. The van der Waals surface area contributed by atoms with E-state index in [1.165, 1.54) is 27.0 Å². The molecule has 0 saturated carbocycles. The molecule has 1 saturated heterocycles. The monoisotopic (exact) mass is 464 g/mol. The quantitative estimate of drug-likeness (QED) is 0.601. The average Bonchev–Trinajstić information content (AvgIpc) is 3.47. The summed E-state index contributed by atoms with van der Waals surface area (Å²) in [6.45, 7) is 0.584. The van der Waals surface area contributed by atoms with Gasteiger partial charge in [0.15, 0.2) is 0 Å². The topological polar surface area (TPSA) is 101 Å². The molecule has 4 rings (SSSR count). The smallest absolute Gasteiger partial charge is 0.252 e. The summed E-state index contributed by atoms with van der Waals surface area (Å²) in [5.74, 6) is 0.0801. The highest BCUT2D eigenvalue weighted by Gasteiger charge is 2.34. The van der Waals surface area contributed by atoms with Gasteiger partial charge in [0.05, 0.1) is 13.0 Å². The van der Waals surface area contributed by atoms with Gasteiger partial charge in [-0.3, -0.25) is 4.79 Å². The molecule has 11 heteroatoms. The maximum Gasteiger partial charge on any atom is 0.252 e. The van der Waals surface area contributed by atoms with Crippen LogP contribution in [0.25, 0.3) is 10.6 Å². The highest BCUT2D eigenvalue weighted by Crippen LogP contribution is 2.30. The second-order valence-electron chi connectivity index (χ2n) is 6.76. The molecule has 8 nitrogen and oxygen atoms in total. The van der Waals surface area contributed by atoms with E-state index in [9.17, 15) is 13.2 Å². The number of ether oxygens (including phenoxy) is 1. The third-order valence-electron chi connectivity index (χ3n) is 4.84. The SMILES string of the molecule is COc1ccc(-c2nnc(NC(=O)[C@@H]3CCCN(S(=O)(=O)c4cccs4)C3)s2)cc1. The lowest BCUT2D eigenvalue weighted by Crippen LogP contribution is -2.43. The van der Waals surface area contributed by atoms with Crippen LogP contribution in [0.15, 0.2) is 46.0 Å². The van der Waals surface area contributed by atoms with Gasteiger partial charge in [0.1, 0.15) is 15.0 Å². The molecular weight excluding hydrogens is 444 g/mol. The van der Waals surface area contributed by atoms with Crippen molar-refractivity contribution >= 4 is 43.7 Å². The van der Waals surface area contributed by atoms with Crippen LogP contribution in [0.1, 0.15) is 12.8 Å². The maximum atomic E-state index is 12.8. The number of thiophene rings is 1. The molecule has 3 heterocycles. The van der Waals surface area contributed by atoms with Gasteiger partial charge >= 0.3 is 0 Å². The van der Waals surface area contributed by atoms with Crippen molar-refractivity contribution in [3.05, 3.63) is 41.8 Å². The van der Waals surface area contributed by atoms with E-state index in [1.54, 1.807) is 24.6 Å². The predicted molar refractivity (Wildman–Crippen MR) is 116 cm³/mol. The minimum absolute atomic E-state index is 0.163. The number of amides is 1. The number of anilines is 1. The van der Waals surface area contributed by atoms with Gasteiger partial charge in [0.25, 0.3) is 10.0 Å². The van der Waals surface area contributed by atoms with Crippen molar-refractivity contribution in [2.45, 2.75) is 17.1 Å². The van der Waals surface area contributed by atoms with Crippen LogP contribution in [0.4, 0.5) is 5.13 Å². The van der Waals surface area contributed by atoms with E-state index < -0.39 is 15.9 Å². The lowest BCUT2D eigenvalue weighted by atomic mass is 9.99. The third kappa shape index (κ3) is 4.38. The van der Waals surface area contributed by atoms with Crippen molar-refractivity contribution < 1.29 is 17.9 Å². The number of benzene rings is 1. The van der Waals surface area contributed by atoms with Gasteiger partial charge in [-0.2, -0.15) is 4.31 Å². The molecule has 30 heavy (non-hydrogen) atoms. The van der Waals surface area contributed by atoms with Crippen LogP contribution in [0.5, 0.6) is 5.75 Å². The molecule has 0 radical (unpaired) electrons. The van der Waals surface area contributed by atoms with Crippen LogP contribution in [-0.2, 0) is 14.8 Å². The molecule has 1 aliphatic heterocycles. The number of methoxy groups -OCH3 is 1. The predicted octanol–water partition coefficient (Wildman–Crippen LogP) is 3.31. The molecule has 1 aromatic carbocycles. The van der Waals surface area contributed by atoms with E-state index in [0.29, 0.717) is 33.7 Å². The van der Waals surface area contributed by atoms with Gasteiger partial charge in [-0.25, -0.2) is 8.42 Å². The lowest BCUT2D eigenvalue weighted by Gasteiger charge is -2.30. The summed E-state index contributed by atoms with van der Waals surface area (Å²) >= 11 is 2.45. The first-order valence-corrected chi connectivity index (χ1v) is 12.4. The Morgan fingerprint density at radius 3 is 2.73 bits per heavy atom. The van der Waals surface area contributed by atoms with Gasteiger partial charge in [0.2, 0.25) is 11.0 Å². The van der Waals surface area contributed by atoms with Crippen LogP contribution in [0.3, 0.4) is 0 Å². The summed E-state index contributed by atoms with van der Waals surface area (Å²) in [4.78, 5) is 12.7. The molecule has 1 amide bonds. The fourth-order valence-electron chi connectivity index (χ4n) is 3.24. The number of carbonyl (C=O) groups excluding carboxylic acids is 1. The van der Waals surface area contributed by atoms with Gasteiger partial charge in [-0.05, 0) is 48.6 Å². The number of aromatic nitrogens is 2. The Kier molecular flexibility index (Phi) is 6.14. The molecule has 1 atom stereocenters. The zero-order chi connectivity index (χ0) is 21.1. The Bertz CT molecular complexity index is 1110. The molecule has 0 spiro atoms. The Labute approximate surface area is 182 Å². The number of rotatable bonds is 6. The fraction of sp³-hybridized carbons (Fsp3) is 0.316. The molecule has 0 bridgehead atoms. The van der Waals surface area contributed by atoms with Gasteiger partial charge in [-0.1, -0.05) is 17.4 Å².